The van der Waals surface area contributed by atoms with Gasteiger partial charge in [-0.3, -0.25) is 0 Å². The molecule has 0 radical (unpaired) electrons. The standard InChI is InChI=1S/C22H13ClF3N5/c1-12-27-20-18(21-29-19(30-31(12)21)14-8-5-9-15(23)10-14)16(22(24,25)26)11-17(28-20)13-6-3-2-4-7-13/h2-11H,1H3. The number of aromatic nitrogens is 5. The van der Waals surface area contributed by atoms with Crippen LogP contribution >= 0.6 is 11.6 Å². The van der Waals surface area contributed by atoms with Gasteiger partial charge in [-0.2, -0.15) is 17.7 Å². The van der Waals surface area contributed by atoms with Crippen LogP contribution in [-0.2, 0) is 6.18 Å². The van der Waals surface area contributed by atoms with Crippen LogP contribution in [0.4, 0.5) is 13.2 Å². The van der Waals surface area contributed by atoms with Gasteiger partial charge in [0.2, 0.25) is 0 Å². The smallest absolute Gasteiger partial charge is 0.228 e. The van der Waals surface area contributed by atoms with Crippen molar-refractivity contribution >= 4 is 28.3 Å². The molecule has 0 aliphatic carbocycles. The monoisotopic (exact) mass is 439 g/mol. The average molecular weight is 440 g/mol. The Bertz CT molecular complexity index is 1450. The molecule has 0 N–H and O–H groups in total. The summed E-state index contributed by atoms with van der Waals surface area (Å²) in [7, 11) is 0. The number of halogens is 4. The van der Waals surface area contributed by atoms with E-state index in [2.05, 4.69) is 20.1 Å². The highest BCUT2D eigenvalue weighted by Gasteiger charge is 2.35. The highest BCUT2D eigenvalue weighted by atomic mass is 35.5. The highest BCUT2D eigenvalue weighted by molar-refractivity contribution is 6.30. The van der Waals surface area contributed by atoms with E-state index in [1.54, 1.807) is 61.5 Å². The van der Waals surface area contributed by atoms with Crippen molar-refractivity contribution < 1.29 is 13.2 Å². The molecule has 5 aromatic rings. The Labute approximate surface area is 179 Å². The summed E-state index contributed by atoms with van der Waals surface area (Å²) < 4.78 is 43.6. The number of fused-ring (bicyclic) bond motifs is 3. The van der Waals surface area contributed by atoms with E-state index >= 15 is 0 Å². The molecule has 3 heterocycles. The number of aryl methyl sites for hydroxylation is 1. The molecule has 0 bridgehead atoms. The fourth-order valence-electron chi connectivity index (χ4n) is 3.46. The van der Waals surface area contributed by atoms with Crippen LogP contribution in [0.15, 0.2) is 60.7 Å². The molecule has 5 nitrogen and oxygen atoms in total. The van der Waals surface area contributed by atoms with Gasteiger partial charge in [0.25, 0.3) is 0 Å². The number of alkyl halides is 3. The SMILES string of the molecule is Cc1nc2nc(-c3ccccc3)cc(C(F)(F)F)c2c2nc(-c3cccc(Cl)c3)nn12. The first-order chi connectivity index (χ1) is 14.8. The van der Waals surface area contributed by atoms with Crippen LogP contribution in [-0.4, -0.2) is 24.6 Å². The minimum absolute atomic E-state index is 0.0382. The van der Waals surface area contributed by atoms with E-state index in [9.17, 15) is 13.2 Å². The van der Waals surface area contributed by atoms with Crippen molar-refractivity contribution in [2.45, 2.75) is 13.1 Å². The minimum Gasteiger partial charge on any atom is -0.228 e. The second-order valence-electron chi connectivity index (χ2n) is 6.96. The fourth-order valence-corrected chi connectivity index (χ4v) is 3.65. The number of rotatable bonds is 2. The van der Waals surface area contributed by atoms with Gasteiger partial charge in [0.1, 0.15) is 5.82 Å². The second kappa shape index (κ2) is 7.02. The van der Waals surface area contributed by atoms with Crippen LogP contribution in [0.1, 0.15) is 11.4 Å². The number of nitrogens with zero attached hydrogens (tertiary/aromatic N) is 5. The summed E-state index contributed by atoms with van der Waals surface area (Å²) in [6.07, 6.45) is -4.63. The molecule has 0 spiro atoms. The zero-order valence-corrected chi connectivity index (χ0v) is 16.8. The summed E-state index contributed by atoms with van der Waals surface area (Å²) in [4.78, 5) is 13.1. The van der Waals surface area contributed by atoms with Crippen molar-refractivity contribution in [3.8, 4) is 22.6 Å². The summed E-state index contributed by atoms with van der Waals surface area (Å²) in [6.45, 7) is 1.65. The third-order valence-corrected chi connectivity index (χ3v) is 5.10. The van der Waals surface area contributed by atoms with E-state index in [4.69, 9.17) is 11.6 Å². The number of hydrogen-bond acceptors (Lipinski definition) is 4. The molecular formula is C22H13ClF3N5. The van der Waals surface area contributed by atoms with Gasteiger partial charge in [0.05, 0.1) is 16.6 Å². The van der Waals surface area contributed by atoms with E-state index in [0.717, 1.165) is 6.07 Å². The summed E-state index contributed by atoms with van der Waals surface area (Å²) in [6, 6.07) is 16.5. The lowest BCUT2D eigenvalue weighted by atomic mass is 10.1. The molecule has 0 aliphatic rings. The third-order valence-electron chi connectivity index (χ3n) is 4.86. The topological polar surface area (TPSA) is 56.0 Å². The van der Waals surface area contributed by atoms with E-state index in [1.807, 2.05) is 0 Å². The summed E-state index contributed by atoms with van der Waals surface area (Å²) in [5.74, 6) is 0.620. The van der Waals surface area contributed by atoms with E-state index in [0.29, 0.717) is 22.0 Å². The zero-order chi connectivity index (χ0) is 21.8. The lowest BCUT2D eigenvalue weighted by molar-refractivity contribution is -0.136. The van der Waals surface area contributed by atoms with Crippen molar-refractivity contribution in [2.24, 2.45) is 0 Å². The van der Waals surface area contributed by atoms with Crippen LogP contribution in [0.2, 0.25) is 5.02 Å². The molecule has 0 atom stereocenters. The average Bonchev–Trinajstić information content (AvgIpc) is 3.19. The van der Waals surface area contributed by atoms with Crippen LogP contribution in [0.3, 0.4) is 0 Å². The van der Waals surface area contributed by atoms with Crippen molar-refractivity contribution in [1.29, 1.82) is 0 Å². The van der Waals surface area contributed by atoms with Crippen molar-refractivity contribution in [3.63, 3.8) is 0 Å². The van der Waals surface area contributed by atoms with Crippen molar-refractivity contribution in [3.05, 3.63) is 77.1 Å². The molecule has 31 heavy (non-hydrogen) atoms. The predicted molar refractivity (Wildman–Crippen MR) is 112 cm³/mol. The van der Waals surface area contributed by atoms with Gasteiger partial charge in [-0.15, -0.1) is 5.10 Å². The quantitative estimate of drug-likeness (QED) is 0.339. The normalized spacial score (nSPS) is 12.0. The summed E-state index contributed by atoms with van der Waals surface area (Å²) in [5, 5.41) is 4.64. The molecule has 0 saturated heterocycles. The second-order valence-corrected chi connectivity index (χ2v) is 7.39. The van der Waals surface area contributed by atoms with Crippen molar-refractivity contribution in [2.75, 3.05) is 0 Å². The maximum atomic E-state index is 14.1. The van der Waals surface area contributed by atoms with E-state index < -0.39 is 11.7 Å². The largest absolute Gasteiger partial charge is 0.417 e. The lowest BCUT2D eigenvalue weighted by Gasteiger charge is -2.13. The zero-order valence-electron chi connectivity index (χ0n) is 16.0. The molecule has 5 rings (SSSR count). The third kappa shape index (κ3) is 3.38. The first-order valence-electron chi connectivity index (χ1n) is 9.28. The Balaban J connectivity index is 1.85. The van der Waals surface area contributed by atoms with Gasteiger partial charge in [-0.1, -0.05) is 54.1 Å². The minimum atomic E-state index is -4.63. The molecule has 9 heteroatoms. The maximum Gasteiger partial charge on any atom is 0.417 e. The number of pyridine rings is 1. The van der Waals surface area contributed by atoms with E-state index in [-0.39, 0.29) is 28.2 Å². The molecule has 3 aromatic heterocycles. The first-order valence-corrected chi connectivity index (χ1v) is 9.66. The van der Waals surface area contributed by atoms with Crippen molar-refractivity contribution in [1.82, 2.24) is 24.6 Å². The fraction of sp³-hybridized carbons (Fsp3) is 0.0909. The predicted octanol–water partition coefficient (Wildman–Crippen LogP) is 5.99. The van der Waals surface area contributed by atoms with Crippen LogP contribution in [0, 0.1) is 6.92 Å². The Morgan fingerprint density at radius 1 is 0.871 bits per heavy atom. The first kappa shape index (κ1) is 19.4. The summed E-state index contributed by atoms with van der Waals surface area (Å²) in [5.41, 5.74) is 0.479. The Hall–Kier alpha value is -3.52. The van der Waals surface area contributed by atoms with Crippen LogP contribution < -0.4 is 0 Å². The molecular weight excluding hydrogens is 427 g/mol. The maximum absolute atomic E-state index is 14.1. The molecule has 0 saturated carbocycles. The van der Waals surface area contributed by atoms with Gasteiger partial charge >= 0.3 is 6.18 Å². The van der Waals surface area contributed by atoms with Gasteiger partial charge in [-0.05, 0) is 25.1 Å². The van der Waals surface area contributed by atoms with Gasteiger partial charge in [0, 0.05) is 16.1 Å². The molecule has 0 amide bonds. The van der Waals surface area contributed by atoms with Gasteiger partial charge in [0.15, 0.2) is 17.1 Å². The Kier molecular flexibility index (Phi) is 4.40. The molecule has 0 unspecified atom stereocenters. The lowest BCUT2D eigenvalue weighted by Crippen LogP contribution is -2.10. The Morgan fingerprint density at radius 3 is 2.32 bits per heavy atom. The number of hydrogen-bond donors (Lipinski definition) is 0. The highest BCUT2D eigenvalue weighted by Crippen LogP contribution is 2.38. The Morgan fingerprint density at radius 2 is 1.61 bits per heavy atom. The van der Waals surface area contributed by atoms with Crippen LogP contribution in [0.25, 0.3) is 39.3 Å². The van der Waals surface area contributed by atoms with Crippen LogP contribution in [0.5, 0.6) is 0 Å². The van der Waals surface area contributed by atoms with E-state index in [1.165, 1.54) is 4.52 Å². The number of benzene rings is 2. The molecule has 2 aromatic carbocycles. The van der Waals surface area contributed by atoms with Gasteiger partial charge < -0.3 is 0 Å². The molecule has 154 valence electrons. The molecule has 0 aliphatic heterocycles. The van der Waals surface area contributed by atoms with Gasteiger partial charge in [-0.25, -0.2) is 15.0 Å². The molecule has 0 fully saturated rings. The summed E-state index contributed by atoms with van der Waals surface area (Å²) >= 11 is 6.05.